The van der Waals surface area contributed by atoms with Crippen LogP contribution in [0.5, 0.6) is 0 Å². The fourth-order valence-electron chi connectivity index (χ4n) is 3.17. The third kappa shape index (κ3) is 3.50. The van der Waals surface area contributed by atoms with Gasteiger partial charge in [0.15, 0.2) is 0 Å². The summed E-state index contributed by atoms with van der Waals surface area (Å²) in [5, 5.41) is 9.34. The lowest BCUT2D eigenvalue weighted by molar-refractivity contribution is 0.339. The summed E-state index contributed by atoms with van der Waals surface area (Å²) < 4.78 is 12.2. The van der Waals surface area contributed by atoms with Gasteiger partial charge in [0.2, 0.25) is 0 Å². The van der Waals surface area contributed by atoms with E-state index >= 15 is 0 Å². The SMILES string of the molecule is FCCNC1CCC(Nc2cccc3cnccc23)CC1. The van der Waals surface area contributed by atoms with Crippen LogP contribution >= 0.6 is 0 Å². The number of halogens is 1. The summed E-state index contributed by atoms with van der Waals surface area (Å²) in [4.78, 5) is 4.17. The fourth-order valence-corrected chi connectivity index (χ4v) is 3.17. The average Bonchev–Trinajstić information content (AvgIpc) is 2.55. The van der Waals surface area contributed by atoms with Gasteiger partial charge in [0, 0.05) is 47.5 Å². The van der Waals surface area contributed by atoms with Crippen LogP contribution < -0.4 is 10.6 Å². The Bertz CT molecular complexity index is 574. The number of anilines is 1. The molecule has 21 heavy (non-hydrogen) atoms. The van der Waals surface area contributed by atoms with E-state index in [0.29, 0.717) is 18.6 Å². The Labute approximate surface area is 125 Å². The van der Waals surface area contributed by atoms with Gasteiger partial charge in [-0.3, -0.25) is 4.98 Å². The number of hydrogen-bond donors (Lipinski definition) is 2. The lowest BCUT2D eigenvalue weighted by Crippen LogP contribution is -2.37. The predicted octanol–water partition coefficient (Wildman–Crippen LogP) is 3.52. The van der Waals surface area contributed by atoms with Crippen molar-refractivity contribution in [3.05, 3.63) is 36.7 Å². The first-order valence-corrected chi connectivity index (χ1v) is 7.75. The number of nitrogens with zero attached hydrogens (tertiary/aromatic N) is 1. The van der Waals surface area contributed by atoms with E-state index < -0.39 is 0 Å². The van der Waals surface area contributed by atoms with Crippen molar-refractivity contribution in [3.63, 3.8) is 0 Å². The Morgan fingerprint density at radius 2 is 1.90 bits per heavy atom. The van der Waals surface area contributed by atoms with Crippen molar-refractivity contribution in [2.45, 2.75) is 37.8 Å². The topological polar surface area (TPSA) is 37.0 Å². The molecule has 1 aromatic heterocycles. The Kier molecular flexibility index (Phi) is 4.65. The van der Waals surface area contributed by atoms with Gasteiger partial charge in [-0.1, -0.05) is 12.1 Å². The van der Waals surface area contributed by atoms with Gasteiger partial charge in [0.25, 0.3) is 0 Å². The highest BCUT2D eigenvalue weighted by Gasteiger charge is 2.20. The summed E-state index contributed by atoms with van der Waals surface area (Å²) in [5.41, 5.74) is 1.19. The highest BCUT2D eigenvalue weighted by atomic mass is 19.1. The molecule has 0 amide bonds. The van der Waals surface area contributed by atoms with Gasteiger partial charge in [-0.2, -0.15) is 0 Å². The van der Waals surface area contributed by atoms with Crippen LogP contribution in [0.3, 0.4) is 0 Å². The van der Waals surface area contributed by atoms with Crippen LogP contribution in [0.2, 0.25) is 0 Å². The Morgan fingerprint density at radius 3 is 2.71 bits per heavy atom. The zero-order valence-electron chi connectivity index (χ0n) is 12.2. The largest absolute Gasteiger partial charge is 0.382 e. The van der Waals surface area contributed by atoms with Gasteiger partial charge in [-0.15, -0.1) is 0 Å². The van der Waals surface area contributed by atoms with Crippen molar-refractivity contribution in [1.29, 1.82) is 0 Å². The number of nitrogens with one attached hydrogen (secondary N) is 2. The zero-order chi connectivity index (χ0) is 14.5. The van der Waals surface area contributed by atoms with Crippen molar-refractivity contribution in [1.82, 2.24) is 10.3 Å². The summed E-state index contributed by atoms with van der Waals surface area (Å²) in [7, 11) is 0. The summed E-state index contributed by atoms with van der Waals surface area (Å²) in [6.45, 7) is 0.210. The number of pyridine rings is 1. The van der Waals surface area contributed by atoms with E-state index in [-0.39, 0.29) is 6.67 Å². The molecule has 0 aliphatic heterocycles. The standard InChI is InChI=1S/C17H22FN3/c18-9-11-20-14-4-6-15(7-5-14)21-17-3-1-2-13-12-19-10-8-16(13)17/h1-3,8,10,12,14-15,20-21H,4-7,9,11H2. The van der Waals surface area contributed by atoms with Crippen molar-refractivity contribution in [2.24, 2.45) is 0 Å². The molecule has 2 aromatic rings. The molecule has 0 atom stereocenters. The van der Waals surface area contributed by atoms with Crippen LogP contribution in [-0.4, -0.2) is 30.3 Å². The van der Waals surface area contributed by atoms with Crippen LogP contribution in [-0.2, 0) is 0 Å². The second-order valence-corrected chi connectivity index (χ2v) is 5.74. The zero-order valence-corrected chi connectivity index (χ0v) is 12.2. The van der Waals surface area contributed by atoms with Crippen LogP contribution in [0.1, 0.15) is 25.7 Å². The van der Waals surface area contributed by atoms with Gasteiger partial charge >= 0.3 is 0 Å². The van der Waals surface area contributed by atoms with E-state index in [1.807, 2.05) is 12.4 Å². The van der Waals surface area contributed by atoms with E-state index in [1.165, 1.54) is 16.5 Å². The number of fused-ring (bicyclic) bond motifs is 1. The first kappa shape index (κ1) is 14.3. The van der Waals surface area contributed by atoms with Gasteiger partial charge in [-0.05, 0) is 37.8 Å². The van der Waals surface area contributed by atoms with Gasteiger partial charge in [-0.25, -0.2) is 4.39 Å². The van der Waals surface area contributed by atoms with E-state index in [2.05, 4.69) is 39.9 Å². The summed E-state index contributed by atoms with van der Waals surface area (Å²) >= 11 is 0. The second kappa shape index (κ2) is 6.85. The molecule has 0 saturated heterocycles. The molecule has 3 rings (SSSR count). The normalized spacial score (nSPS) is 22.3. The van der Waals surface area contributed by atoms with Gasteiger partial charge in [0.1, 0.15) is 6.67 Å². The minimum absolute atomic E-state index is 0.276. The van der Waals surface area contributed by atoms with E-state index in [0.717, 1.165) is 25.7 Å². The second-order valence-electron chi connectivity index (χ2n) is 5.74. The monoisotopic (exact) mass is 287 g/mol. The number of alkyl halides is 1. The van der Waals surface area contributed by atoms with E-state index in [9.17, 15) is 4.39 Å². The third-order valence-corrected chi connectivity index (χ3v) is 4.30. The molecule has 3 nitrogen and oxygen atoms in total. The molecule has 1 saturated carbocycles. The molecule has 0 spiro atoms. The van der Waals surface area contributed by atoms with E-state index in [1.54, 1.807) is 0 Å². The van der Waals surface area contributed by atoms with Crippen molar-refractivity contribution in [2.75, 3.05) is 18.5 Å². The number of benzene rings is 1. The van der Waals surface area contributed by atoms with Crippen molar-refractivity contribution < 1.29 is 4.39 Å². The molecular formula is C17H22FN3. The molecule has 0 unspecified atom stereocenters. The highest BCUT2D eigenvalue weighted by Crippen LogP contribution is 2.27. The molecule has 1 aliphatic rings. The maximum absolute atomic E-state index is 12.2. The number of aromatic nitrogens is 1. The van der Waals surface area contributed by atoms with Crippen LogP contribution in [0.4, 0.5) is 10.1 Å². The maximum Gasteiger partial charge on any atom is 0.102 e. The molecule has 4 heteroatoms. The first-order chi connectivity index (χ1) is 10.4. The molecule has 1 heterocycles. The first-order valence-electron chi connectivity index (χ1n) is 7.75. The lowest BCUT2D eigenvalue weighted by atomic mass is 9.91. The Morgan fingerprint density at radius 1 is 1.10 bits per heavy atom. The lowest BCUT2D eigenvalue weighted by Gasteiger charge is -2.30. The molecular weight excluding hydrogens is 265 g/mol. The maximum atomic E-state index is 12.2. The van der Waals surface area contributed by atoms with Gasteiger partial charge in [0.05, 0.1) is 0 Å². The quantitative estimate of drug-likeness (QED) is 0.883. The average molecular weight is 287 g/mol. The summed E-state index contributed by atoms with van der Waals surface area (Å²) in [5.74, 6) is 0. The molecule has 112 valence electrons. The summed E-state index contributed by atoms with van der Waals surface area (Å²) in [6.07, 6.45) is 8.23. The Hall–Kier alpha value is -1.68. The molecule has 0 bridgehead atoms. The fraction of sp³-hybridized carbons (Fsp3) is 0.471. The Balaban J connectivity index is 1.62. The number of hydrogen-bond acceptors (Lipinski definition) is 3. The number of rotatable bonds is 5. The molecule has 1 fully saturated rings. The van der Waals surface area contributed by atoms with Crippen LogP contribution in [0, 0.1) is 0 Å². The minimum Gasteiger partial charge on any atom is -0.382 e. The molecule has 1 aromatic carbocycles. The minimum atomic E-state index is -0.276. The van der Waals surface area contributed by atoms with E-state index in [4.69, 9.17) is 0 Å². The van der Waals surface area contributed by atoms with Crippen LogP contribution in [0.15, 0.2) is 36.7 Å². The van der Waals surface area contributed by atoms with Crippen molar-refractivity contribution >= 4 is 16.5 Å². The molecule has 2 N–H and O–H groups in total. The predicted molar refractivity (Wildman–Crippen MR) is 85.4 cm³/mol. The highest BCUT2D eigenvalue weighted by molar-refractivity contribution is 5.93. The van der Waals surface area contributed by atoms with Crippen molar-refractivity contribution in [3.8, 4) is 0 Å². The smallest absolute Gasteiger partial charge is 0.102 e. The van der Waals surface area contributed by atoms with Gasteiger partial charge < -0.3 is 10.6 Å². The van der Waals surface area contributed by atoms with Crippen LogP contribution in [0.25, 0.3) is 10.8 Å². The molecule has 0 radical (unpaired) electrons. The molecule has 1 aliphatic carbocycles. The third-order valence-electron chi connectivity index (χ3n) is 4.30. The summed E-state index contributed by atoms with van der Waals surface area (Å²) in [6, 6.07) is 9.34.